The lowest BCUT2D eigenvalue weighted by Crippen LogP contribution is -2.33. The third-order valence-corrected chi connectivity index (χ3v) is 6.69. The lowest BCUT2D eigenvalue weighted by Gasteiger charge is -2.21. The number of rotatable bonds is 3. The fourth-order valence-corrected chi connectivity index (χ4v) is 5.32. The van der Waals surface area contributed by atoms with Gasteiger partial charge in [0.05, 0.1) is 11.5 Å². The molecule has 0 aliphatic carbocycles. The molecule has 0 spiro atoms. The number of sulfonamides is 1. The molecule has 0 unspecified atom stereocenters. The van der Waals surface area contributed by atoms with Crippen LogP contribution in [0.1, 0.15) is 17.5 Å². The highest BCUT2D eigenvalue weighted by molar-refractivity contribution is 7.99. The Morgan fingerprint density at radius 2 is 2.10 bits per heavy atom. The van der Waals surface area contributed by atoms with Gasteiger partial charge in [-0.2, -0.15) is 16.1 Å². The predicted octanol–water partition coefficient (Wildman–Crippen LogP) is 2.27. The Morgan fingerprint density at radius 3 is 2.80 bits per heavy atom. The van der Waals surface area contributed by atoms with E-state index in [-0.39, 0.29) is 11.5 Å². The maximum absolute atomic E-state index is 12.8. The summed E-state index contributed by atoms with van der Waals surface area (Å²) in [4.78, 5) is 0.209. The van der Waals surface area contributed by atoms with Crippen molar-refractivity contribution in [2.45, 2.75) is 24.8 Å². The van der Waals surface area contributed by atoms with Gasteiger partial charge in [0, 0.05) is 23.9 Å². The molecule has 0 saturated carbocycles. The third kappa shape index (κ3) is 3.31. The molecule has 1 saturated heterocycles. The van der Waals surface area contributed by atoms with Gasteiger partial charge in [0.1, 0.15) is 0 Å². The van der Waals surface area contributed by atoms with E-state index in [0.29, 0.717) is 29.2 Å². The molecule has 7 heteroatoms. The Hall–Kier alpha value is -0.270. The third-order valence-electron chi connectivity index (χ3n) is 3.40. The van der Waals surface area contributed by atoms with Crippen LogP contribution < -0.4 is 0 Å². The lowest BCUT2D eigenvalue weighted by atomic mass is 10.1. The zero-order valence-corrected chi connectivity index (χ0v) is 13.7. The number of benzene rings is 1. The van der Waals surface area contributed by atoms with Crippen molar-refractivity contribution in [3.05, 3.63) is 28.3 Å². The zero-order valence-electron chi connectivity index (χ0n) is 11.3. The molecule has 0 atom stereocenters. The first-order valence-corrected chi connectivity index (χ1v) is 9.42. The minimum atomic E-state index is -3.55. The predicted molar refractivity (Wildman–Crippen MR) is 82.8 cm³/mol. The molecule has 0 aromatic heterocycles. The van der Waals surface area contributed by atoms with E-state index in [4.69, 9.17) is 11.6 Å². The summed E-state index contributed by atoms with van der Waals surface area (Å²) in [6, 6.07) is 3.08. The standard InChI is InChI=1S/C13H18ClNO3S2/c1-10-11(9-16)7-12(14)8-13(10)20(17,18)15-3-2-5-19-6-4-15/h7-8,16H,2-6,9H2,1H3. The van der Waals surface area contributed by atoms with Crippen molar-refractivity contribution in [2.75, 3.05) is 24.6 Å². The van der Waals surface area contributed by atoms with Gasteiger partial charge in [0.15, 0.2) is 0 Å². The van der Waals surface area contributed by atoms with Gasteiger partial charge in [-0.1, -0.05) is 11.6 Å². The molecule has 1 aliphatic heterocycles. The summed E-state index contributed by atoms with van der Waals surface area (Å²) < 4.78 is 27.0. The minimum absolute atomic E-state index is 0.209. The topological polar surface area (TPSA) is 57.6 Å². The van der Waals surface area contributed by atoms with Crippen LogP contribution in [-0.4, -0.2) is 42.4 Å². The van der Waals surface area contributed by atoms with Crippen molar-refractivity contribution in [3.63, 3.8) is 0 Å². The zero-order chi connectivity index (χ0) is 14.8. The monoisotopic (exact) mass is 335 g/mol. The molecule has 0 amide bonds. The summed E-state index contributed by atoms with van der Waals surface area (Å²) in [6.45, 7) is 2.55. The van der Waals surface area contributed by atoms with Crippen LogP contribution in [0.25, 0.3) is 0 Å². The van der Waals surface area contributed by atoms with Crippen LogP contribution in [-0.2, 0) is 16.6 Å². The largest absolute Gasteiger partial charge is 0.392 e. The maximum atomic E-state index is 12.8. The van der Waals surface area contributed by atoms with Gasteiger partial charge in [-0.05, 0) is 42.4 Å². The first-order valence-electron chi connectivity index (χ1n) is 6.44. The van der Waals surface area contributed by atoms with Gasteiger partial charge in [-0.25, -0.2) is 8.42 Å². The van der Waals surface area contributed by atoms with Gasteiger partial charge in [-0.3, -0.25) is 0 Å². The quantitative estimate of drug-likeness (QED) is 0.920. The van der Waals surface area contributed by atoms with Crippen LogP contribution in [0.3, 0.4) is 0 Å². The molecule has 1 aromatic rings. The Kier molecular flexibility index (Phi) is 5.36. The summed E-state index contributed by atoms with van der Waals surface area (Å²) in [5, 5.41) is 9.65. The number of halogens is 1. The smallest absolute Gasteiger partial charge is 0.243 e. The van der Waals surface area contributed by atoms with Crippen LogP contribution >= 0.6 is 23.4 Å². The van der Waals surface area contributed by atoms with E-state index in [0.717, 1.165) is 17.9 Å². The summed E-state index contributed by atoms with van der Waals surface area (Å²) >= 11 is 7.75. The Bertz CT molecular complexity index is 582. The molecule has 0 radical (unpaired) electrons. The fourth-order valence-electron chi connectivity index (χ4n) is 2.24. The van der Waals surface area contributed by atoms with Crippen molar-refractivity contribution in [2.24, 2.45) is 0 Å². The maximum Gasteiger partial charge on any atom is 0.243 e. The molecule has 4 nitrogen and oxygen atoms in total. The van der Waals surface area contributed by atoms with E-state index in [1.807, 2.05) is 0 Å². The molecular formula is C13H18ClNO3S2. The first-order chi connectivity index (χ1) is 9.46. The van der Waals surface area contributed by atoms with Crippen molar-refractivity contribution in [1.29, 1.82) is 0 Å². The van der Waals surface area contributed by atoms with E-state index in [1.165, 1.54) is 10.4 Å². The van der Waals surface area contributed by atoms with Gasteiger partial charge >= 0.3 is 0 Å². The lowest BCUT2D eigenvalue weighted by molar-refractivity contribution is 0.280. The highest BCUT2D eigenvalue weighted by Crippen LogP contribution is 2.28. The molecule has 112 valence electrons. The number of hydrogen-bond donors (Lipinski definition) is 1. The summed E-state index contributed by atoms with van der Waals surface area (Å²) in [5.41, 5.74) is 1.13. The average molecular weight is 336 g/mol. The van der Waals surface area contributed by atoms with E-state index >= 15 is 0 Å². The highest BCUT2D eigenvalue weighted by Gasteiger charge is 2.27. The number of aliphatic hydroxyl groups is 1. The van der Waals surface area contributed by atoms with E-state index < -0.39 is 10.0 Å². The Balaban J connectivity index is 2.45. The average Bonchev–Trinajstić information content (AvgIpc) is 2.70. The molecule has 20 heavy (non-hydrogen) atoms. The van der Waals surface area contributed by atoms with E-state index in [9.17, 15) is 13.5 Å². The van der Waals surface area contributed by atoms with E-state index in [1.54, 1.807) is 24.8 Å². The molecular weight excluding hydrogens is 318 g/mol. The normalized spacial score (nSPS) is 17.9. The number of nitrogens with zero attached hydrogens (tertiary/aromatic N) is 1. The number of hydrogen-bond acceptors (Lipinski definition) is 4. The van der Waals surface area contributed by atoms with Crippen molar-refractivity contribution >= 4 is 33.4 Å². The van der Waals surface area contributed by atoms with Gasteiger partial charge in [-0.15, -0.1) is 0 Å². The van der Waals surface area contributed by atoms with Crippen LogP contribution in [0.4, 0.5) is 0 Å². The molecule has 1 N–H and O–H groups in total. The fraction of sp³-hybridized carbons (Fsp3) is 0.538. The van der Waals surface area contributed by atoms with E-state index in [2.05, 4.69) is 0 Å². The van der Waals surface area contributed by atoms with Crippen LogP contribution in [0, 0.1) is 6.92 Å². The molecule has 1 aliphatic rings. The molecule has 2 rings (SSSR count). The SMILES string of the molecule is Cc1c(CO)cc(Cl)cc1S(=O)(=O)N1CCCSCC1. The summed E-state index contributed by atoms with van der Waals surface area (Å²) in [7, 11) is -3.55. The number of aliphatic hydroxyl groups excluding tert-OH is 1. The van der Waals surface area contributed by atoms with Gasteiger partial charge < -0.3 is 5.11 Å². The van der Waals surface area contributed by atoms with Gasteiger partial charge in [0.25, 0.3) is 0 Å². The van der Waals surface area contributed by atoms with Crippen molar-refractivity contribution in [3.8, 4) is 0 Å². The van der Waals surface area contributed by atoms with Crippen LogP contribution in [0.15, 0.2) is 17.0 Å². The second-order valence-electron chi connectivity index (χ2n) is 4.72. The van der Waals surface area contributed by atoms with Crippen LogP contribution in [0.5, 0.6) is 0 Å². The molecule has 1 fully saturated rings. The number of thioether (sulfide) groups is 1. The van der Waals surface area contributed by atoms with Crippen molar-refractivity contribution < 1.29 is 13.5 Å². The second kappa shape index (κ2) is 6.66. The first kappa shape index (κ1) is 16.1. The Labute approximate surface area is 129 Å². The Morgan fingerprint density at radius 1 is 1.35 bits per heavy atom. The molecule has 0 bridgehead atoms. The second-order valence-corrected chi connectivity index (χ2v) is 8.28. The minimum Gasteiger partial charge on any atom is -0.392 e. The summed E-state index contributed by atoms with van der Waals surface area (Å²) in [5.74, 6) is 1.80. The summed E-state index contributed by atoms with van der Waals surface area (Å²) in [6.07, 6.45) is 0.858. The van der Waals surface area contributed by atoms with Crippen molar-refractivity contribution in [1.82, 2.24) is 4.31 Å². The molecule has 1 aromatic carbocycles. The van der Waals surface area contributed by atoms with Gasteiger partial charge in [0.2, 0.25) is 10.0 Å². The molecule has 1 heterocycles. The highest BCUT2D eigenvalue weighted by atomic mass is 35.5. The van der Waals surface area contributed by atoms with Crippen LogP contribution in [0.2, 0.25) is 5.02 Å².